The van der Waals surface area contributed by atoms with Gasteiger partial charge in [-0.25, -0.2) is 0 Å². The summed E-state index contributed by atoms with van der Waals surface area (Å²) in [4.78, 5) is 6.81. The number of ether oxygens (including phenoxy) is 1. The Hall–Kier alpha value is -1.97. The van der Waals surface area contributed by atoms with Gasteiger partial charge in [-0.1, -0.05) is 31.2 Å². The Morgan fingerprint density at radius 3 is 2.85 bits per heavy atom. The maximum Gasteiger partial charge on any atom is 0.0974 e. The smallest absolute Gasteiger partial charge is 0.0974 e. The predicted molar refractivity (Wildman–Crippen MR) is 133 cm³/mol. The van der Waals surface area contributed by atoms with Crippen LogP contribution < -0.4 is 0 Å². The van der Waals surface area contributed by atoms with Crippen molar-refractivity contribution in [2.24, 2.45) is 11.3 Å². The summed E-state index contributed by atoms with van der Waals surface area (Å²) in [6.45, 7) is 2.57. The zero-order chi connectivity index (χ0) is 22.4. The third-order valence-corrected chi connectivity index (χ3v) is 10.5. The molecule has 2 saturated carbocycles. The number of hydrogen-bond acceptors (Lipinski definition) is 3. The van der Waals surface area contributed by atoms with Crippen molar-refractivity contribution in [1.29, 1.82) is 0 Å². The van der Waals surface area contributed by atoms with Crippen molar-refractivity contribution in [2.75, 3.05) is 14.1 Å². The first-order valence-electron chi connectivity index (χ1n) is 13.1. The molecule has 1 aromatic carbocycles. The van der Waals surface area contributed by atoms with Gasteiger partial charge in [0.1, 0.15) is 0 Å². The van der Waals surface area contributed by atoms with Gasteiger partial charge in [-0.2, -0.15) is 0 Å². The van der Waals surface area contributed by atoms with Gasteiger partial charge in [0.05, 0.1) is 11.2 Å². The van der Waals surface area contributed by atoms with Crippen LogP contribution in [-0.2, 0) is 4.74 Å². The maximum absolute atomic E-state index is 7.42. The molecule has 3 heterocycles. The van der Waals surface area contributed by atoms with Crippen molar-refractivity contribution in [2.45, 2.75) is 81.5 Å². The molecule has 3 heteroatoms. The average Bonchev–Trinajstić information content (AvgIpc) is 3.33. The Balaban J connectivity index is 1.28. The van der Waals surface area contributed by atoms with Gasteiger partial charge in [0, 0.05) is 23.8 Å². The summed E-state index contributed by atoms with van der Waals surface area (Å²) < 4.78 is 7.42. The molecule has 33 heavy (non-hydrogen) atoms. The Morgan fingerprint density at radius 1 is 1.06 bits per heavy atom. The minimum absolute atomic E-state index is 0.00448. The van der Waals surface area contributed by atoms with Crippen LogP contribution in [0.15, 0.2) is 60.0 Å². The van der Waals surface area contributed by atoms with Crippen LogP contribution in [-0.4, -0.2) is 41.2 Å². The van der Waals surface area contributed by atoms with E-state index < -0.39 is 0 Å². The lowest BCUT2D eigenvalue weighted by molar-refractivity contribution is -0.139. The summed E-state index contributed by atoms with van der Waals surface area (Å²) in [7, 11) is 4.49. The SMILES string of the molecule is CN(C)[C@@H]1CCC2=CC3=CC[C@]4(C)C(c5ccc6ccncc6c5)CC[C@H]4[C@@]34CC[C@]2(C1)O4. The van der Waals surface area contributed by atoms with Crippen LogP contribution in [0.2, 0.25) is 0 Å². The van der Waals surface area contributed by atoms with Gasteiger partial charge >= 0.3 is 0 Å². The van der Waals surface area contributed by atoms with E-state index in [4.69, 9.17) is 4.74 Å². The fourth-order valence-corrected chi connectivity index (χ4v) is 8.69. The molecule has 1 aromatic heterocycles. The molecule has 0 N–H and O–H groups in total. The maximum atomic E-state index is 7.42. The van der Waals surface area contributed by atoms with Crippen LogP contribution in [0.4, 0.5) is 0 Å². The van der Waals surface area contributed by atoms with Crippen LogP contribution >= 0.6 is 0 Å². The molecule has 5 aliphatic rings. The normalized spacial score (nSPS) is 41.4. The lowest BCUT2D eigenvalue weighted by Crippen LogP contribution is -2.55. The summed E-state index contributed by atoms with van der Waals surface area (Å²) in [5, 5.41) is 2.56. The molecule has 3 aliphatic carbocycles. The molecule has 2 bridgehead atoms. The standard InChI is InChI=1S/C30H36N2O/c1-28-12-10-24-17-23-6-7-25(32(2)3)18-29(23)13-14-30(24,33-29)27(28)9-8-26(28)21-5-4-20-11-15-31-19-22(20)16-21/h4-5,10-11,15-17,19,25-27H,6-9,12-14,18H2,1-3H3/t25-,26?,27-,28-,29-,30-/m1/s1. The molecule has 0 radical (unpaired) electrons. The summed E-state index contributed by atoms with van der Waals surface area (Å²) in [5.74, 6) is 1.20. The van der Waals surface area contributed by atoms with Gasteiger partial charge in [-0.3, -0.25) is 4.98 Å². The van der Waals surface area contributed by atoms with Crippen molar-refractivity contribution in [3.63, 3.8) is 0 Å². The van der Waals surface area contributed by atoms with E-state index >= 15 is 0 Å². The van der Waals surface area contributed by atoms with Crippen molar-refractivity contribution in [3.05, 3.63) is 65.5 Å². The van der Waals surface area contributed by atoms with Crippen LogP contribution in [0.5, 0.6) is 0 Å². The number of allylic oxidation sites excluding steroid dienone is 1. The first-order chi connectivity index (χ1) is 15.9. The first-order valence-corrected chi connectivity index (χ1v) is 13.1. The van der Waals surface area contributed by atoms with E-state index in [1.165, 1.54) is 73.3 Å². The third-order valence-electron chi connectivity index (χ3n) is 10.5. The van der Waals surface area contributed by atoms with E-state index in [-0.39, 0.29) is 16.6 Å². The third kappa shape index (κ3) is 2.67. The zero-order valence-corrected chi connectivity index (χ0v) is 20.3. The highest BCUT2D eigenvalue weighted by Crippen LogP contribution is 2.69. The Labute approximate surface area is 197 Å². The molecule has 1 unspecified atom stereocenters. The van der Waals surface area contributed by atoms with Gasteiger partial charge < -0.3 is 9.64 Å². The fourth-order valence-electron chi connectivity index (χ4n) is 8.69. The largest absolute Gasteiger partial charge is 0.359 e. The second-order valence-electron chi connectivity index (χ2n) is 12.0. The Bertz CT molecular complexity index is 1200. The highest BCUT2D eigenvalue weighted by Gasteiger charge is 2.66. The molecule has 6 atom stereocenters. The summed E-state index contributed by atoms with van der Waals surface area (Å²) in [6.07, 6.45) is 18.9. The van der Waals surface area contributed by atoms with Gasteiger partial charge in [0.25, 0.3) is 0 Å². The predicted octanol–water partition coefficient (Wildman–Crippen LogP) is 6.41. The van der Waals surface area contributed by atoms with E-state index in [2.05, 4.69) is 67.3 Å². The molecular weight excluding hydrogens is 404 g/mol. The van der Waals surface area contributed by atoms with E-state index in [0.717, 1.165) is 0 Å². The van der Waals surface area contributed by atoms with Gasteiger partial charge in [0.15, 0.2) is 0 Å². The molecule has 3 nitrogen and oxygen atoms in total. The zero-order valence-electron chi connectivity index (χ0n) is 20.3. The number of fused-ring (bicyclic) bond motifs is 2. The second kappa shape index (κ2) is 6.79. The molecule has 172 valence electrons. The van der Waals surface area contributed by atoms with Gasteiger partial charge in [-0.15, -0.1) is 0 Å². The monoisotopic (exact) mass is 440 g/mol. The molecule has 7 rings (SSSR count). The van der Waals surface area contributed by atoms with Gasteiger partial charge in [0.2, 0.25) is 0 Å². The number of benzene rings is 1. The first kappa shape index (κ1) is 20.4. The summed E-state index contributed by atoms with van der Waals surface area (Å²) in [6, 6.07) is 9.86. The van der Waals surface area contributed by atoms with Gasteiger partial charge in [-0.05, 0) is 117 Å². The lowest BCUT2D eigenvalue weighted by atomic mass is 9.58. The van der Waals surface area contributed by atoms with E-state index in [1.807, 2.05) is 12.4 Å². The number of hydrogen-bond donors (Lipinski definition) is 0. The number of rotatable bonds is 2. The molecule has 3 fully saturated rings. The molecular formula is C30H36N2O. The Kier molecular flexibility index (Phi) is 4.20. The minimum Gasteiger partial charge on any atom is -0.359 e. The number of pyridine rings is 1. The highest BCUT2D eigenvalue weighted by atomic mass is 16.5. The van der Waals surface area contributed by atoms with Crippen LogP contribution in [0.3, 0.4) is 0 Å². The fraction of sp³-hybridized carbons (Fsp3) is 0.567. The Morgan fingerprint density at radius 2 is 1.97 bits per heavy atom. The average molecular weight is 441 g/mol. The molecule has 2 aliphatic heterocycles. The minimum atomic E-state index is -0.0577. The summed E-state index contributed by atoms with van der Waals surface area (Å²) in [5.41, 5.74) is 4.82. The van der Waals surface area contributed by atoms with Crippen LogP contribution in [0.1, 0.15) is 69.8 Å². The van der Waals surface area contributed by atoms with E-state index in [1.54, 1.807) is 5.57 Å². The molecule has 0 amide bonds. The lowest BCUT2D eigenvalue weighted by Gasteiger charge is -2.54. The molecule has 2 aromatic rings. The second-order valence-corrected chi connectivity index (χ2v) is 12.0. The van der Waals surface area contributed by atoms with Crippen molar-refractivity contribution in [3.8, 4) is 0 Å². The highest BCUT2D eigenvalue weighted by molar-refractivity contribution is 5.82. The van der Waals surface area contributed by atoms with Crippen LogP contribution in [0, 0.1) is 11.3 Å². The van der Waals surface area contributed by atoms with Crippen LogP contribution in [0.25, 0.3) is 10.8 Å². The van der Waals surface area contributed by atoms with Crippen molar-refractivity contribution >= 4 is 10.8 Å². The number of nitrogens with zero attached hydrogens (tertiary/aromatic N) is 2. The van der Waals surface area contributed by atoms with Crippen molar-refractivity contribution < 1.29 is 4.74 Å². The molecule has 1 saturated heterocycles. The van der Waals surface area contributed by atoms with Crippen molar-refractivity contribution in [1.82, 2.24) is 9.88 Å². The number of aromatic nitrogens is 1. The molecule has 2 spiro atoms. The quantitative estimate of drug-likeness (QED) is 0.540. The topological polar surface area (TPSA) is 25.4 Å². The summed E-state index contributed by atoms with van der Waals surface area (Å²) >= 11 is 0. The van der Waals surface area contributed by atoms with E-state index in [9.17, 15) is 0 Å². The van der Waals surface area contributed by atoms with E-state index in [0.29, 0.717) is 17.9 Å².